The van der Waals surface area contributed by atoms with Crippen molar-refractivity contribution in [1.29, 1.82) is 0 Å². The molecule has 1 N–H and O–H groups in total. The minimum absolute atomic E-state index is 0.0790. The predicted molar refractivity (Wildman–Crippen MR) is 95.1 cm³/mol. The van der Waals surface area contributed by atoms with Gasteiger partial charge >= 0.3 is 0 Å². The zero-order valence-corrected chi connectivity index (χ0v) is 15.2. The van der Waals surface area contributed by atoms with Crippen LogP contribution in [0.25, 0.3) is 0 Å². The Bertz CT molecular complexity index is 720. The maximum absolute atomic E-state index is 12.5. The molecule has 0 spiro atoms. The van der Waals surface area contributed by atoms with Crippen LogP contribution >= 0.6 is 0 Å². The Morgan fingerprint density at radius 2 is 2.04 bits per heavy atom. The van der Waals surface area contributed by atoms with E-state index in [1.54, 1.807) is 0 Å². The van der Waals surface area contributed by atoms with Crippen LogP contribution < -0.4 is 5.32 Å². The number of rotatable bonds is 5. The van der Waals surface area contributed by atoms with Gasteiger partial charge in [-0.2, -0.15) is 4.98 Å². The summed E-state index contributed by atoms with van der Waals surface area (Å²) in [4.78, 5) is 19.1. The molecule has 3 rings (SSSR count). The first-order valence-electron chi connectivity index (χ1n) is 8.91. The molecular formula is C19H26N4O2. The summed E-state index contributed by atoms with van der Waals surface area (Å²) in [6, 6.07) is 8.00. The number of carbonyl (C=O) groups is 1. The zero-order chi connectivity index (χ0) is 17.8. The van der Waals surface area contributed by atoms with E-state index < -0.39 is 0 Å². The normalized spacial score (nSPS) is 17.4. The van der Waals surface area contributed by atoms with Crippen molar-refractivity contribution in [2.24, 2.45) is 0 Å². The first-order valence-corrected chi connectivity index (χ1v) is 8.91. The fraction of sp³-hybridized carbons (Fsp3) is 0.526. The molecule has 0 aliphatic carbocycles. The van der Waals surface area contributed by atoms with Crippen molar-refractivity contribution in [1.82, 2.24) is 20.4 Å². The number of nitrogens with zero attached hydrogens (tertiary/aromatic N) is 3. The van der Waals surface area contributed by atoms with Crippen LogP contribution in [0.1, 0.15) is 48.5 Å². The zero-order valence-electron chi connectivity index (χ0n) is 15.2. The Balaban J connectivity index is 1.49. The van der Waals surface area contributed by atoms with Crippen molar-refractivity contribution in [3.8, 4) is 0 Å². The summed E-state index contributed by atoms with van der Waals surface area (Å²) in [7, 11) is 0. The van der Waals surface area contributed by atoms with Crippen molar-refractivity contribution in [3.63, 3.8) is 0 Å². The summed E-state index contributed by atoms with van der Waals surface area (Å²) in [6.07, 6.45) is 1.88. The molecule has 1 saturated heterocycles. The topological polar surface area (TPSA) is 71.3 Å². The van der Waals surface area contributed by atoms with Gasteiger partial charge in [0.25, 0.3) is 0 Å². The molecule has 6 nitrogen and oxygen atoms in total. The van der Waals surface area contributed by atoms with E-state index in [4.69, 9.17) is 4.52 Å². The van der Waals surface area contributed by atoms with Gasteiger partial charge in [-0.05, 0) is 57.8 Å². The molecule has 1 aromatic carbocycles. The van der Waals surface area contributed by atoms with E-state index in [0.29, 0.717) is 18.3 Å². The molecule has 1 aliphatic heterocycles. The highest BCUT2D eigenvalue weighted by molar-refractivity contribution is 5.81. The lowest BCUT2D eigenvalue weighted by Gasteiger charge is -2.34. The minimum atomic E-state index is -0.130. The molecule has 1 amide bonds. The SMILES string of the molecule is Cc1noc(C2CCN(C(C)C(=O)NCc3ccccc3C)CC2)n1. The Morgan fingerprint density at radius 1 is 1.32 bits per heavy atom. The van der Waals surface area contributed by atoms with Gasteiger partial charge in [-0.25, -0.2) is 0 Å². The van der Waals surface area contributed by atoms with Gasteiger partial charge in [0.15, 0.2) is 5.82 Å². The average Bonchev–Trinajstić information content (AvgIpc) is 3.07. The van der Waals surface area contributed by atoms with Crippen LogP contribution in [0.2, 0.25) is 0 Å². The summed E-state index contributed by atoms with van der Waals surface area (Å²) in [5.74, 6) is 1.80. The number of likely N-dealkylation sites (tertiary alicyclic amines) is 1. The van der Waals surface area contributed by atoms with E-state index in [1.807, 2.05) is 26.0 Å². The monoisotopic (exact) mass is 342 g/mol. The van der Waals surface area contributed by atoms with Crippen LogP contribution in [0.5, 0.6) is 0 Å². The van der Waals surface area contributed by atoms with Crippen molar-refractivity contribution in [3.05, 3.63) is 47.1 Å². The Hall–Kier alpha value is -2.21. The van der Waals surface area contributed by atoms with Crippen molar-refractivity contribution in [2.45, 2.75) is 52.1 Å². The Morgan fingerprint density at radius 3 is 2.68 bits per heavy atom. The molecule has 6 heteroatoms. The number of carbonyl (C=O) groups excluding carboxylic acids is 1. The van der Waals surface area contributed by atoms with E-state index >= 15 is 0 Å². The number of amides is 1. The molecule has 0 saturated carbocycles. The molecule has 1 fully saturated rings. The number of hydrogen-bond donors (Lipinski definition) is 1. The molecule has 134 valence electrons. The van der Waals surface area contributed by atoms with Gasteiger partial charge < -0.3 is 9.84 Å². The lowest BCUT2D eigenvalue weighted by molar-refractivity contribution is -0.126. The number of benzene rings is 1. The van der Waals surface area contributed by atoms with Gasteiger partial charge in [-0.1, -0.05) is 29.4 Å². The molecule has 2 heterocycles. The molecule has 1 unspecified atom stereocenters. The quantitative estimate of drug-likeness (QED) is 0.904. The first-order chi connectivity index (χ1) is 12.0. The maximum Gasteiger partial charge on any atom is 0.237 e. The Labute approximate surface area is 148 Å². The highest BCUT2D eigenvalue weighted by Gasteiger charge is 2.29. The second kappa shape index (κ2) is 7.78. The lowest BCUT2D eigenvalue weighted by Crippen LogP contribution is -2.47. The molecule has 1 atom stereocenters. The molecule has 0 radical (unpaired) electrons. The average molecular weight is 342 g/mol. The van der Waals surface area contributed by atoms with Crippen LogP contribution in [0.15, 0.2) is 28.8 Å². The van der Waals surface area contributed by atoms with Gasteiger partial charge in [0, 0.05) is 12.5 Å². The minimum Gasteiger partial charge on any atom is -0.351 e. The maximum atomic E-state index is 12.5. The standard InChI is InChI=1S/C19H26N4O2/c1-13-6-4-5-7-17(13)12-20-18(24)14(2)23-10-8-16(9-11-23)19-21-15(3)22-25-19/h4-7,14,16H,8-12H2,1-3H3,(H,20,24). The second-order valence-electron chi connectivity index (χ2n) is 6.81. The highest BCUT2D eigenvalue weighted by Crippen LogP contribution is 2.27. The van der Waals surface area contributed by atoms with Gasteiger partial charge in [0.05, 0.1) is 6.04 Å². The van der Waals surface area contributed by atoms with Gasteiger partial charge in [0.1, 0.15) is 0 Å². The third-order valence-corrected chi connectivity index (χ3v) is 5.06. The fourth-order valence-electron chi connectivity index (χ4n) is 3.32. The molecule has 1 aliphatic rings. The number of nitrogens with one attached hydrogen (secondary N) is 1. The summed E-state index contributed by atoms with van der Waals surface area (Å²) in [5.41, 5.74) is 2.36. The number of aromatic nitrogens is 2. The van der Waals surface area contributed by atoms with Crippen LogP contribution in [0, 0.1) is 13.8 Å². The molecule has 1 aromatic heterocycles. The van der Waals surface area contributed by atoms with Crippen LogP contribution in [0.4, 0.5) is 0 Å². The van der Waals surface area contributed by atoms with E-state index in [1.165, 1.54) is 5.56 Å². The Kier molecular flexibility index (Phi) is 5.48. The van der Waals surface area contributed by atoms with E-state index in [-0.39, 0.29) is 11.9 Å². The van der Waals surface area contributed by atoms with Crippen LogP contribution in [-0.2, 0) is 11.3 Å². The molecule has 2 aromatic rings. The summed E-state index contributed by atoms with van der Waals surface area (Å²) >= 11 is 0. The first kappa shape index (κ1) is 17.6. The van der Waals surface area contributed by atoms with Crippen molar-refractivity contribution >= 4 is 5.91 Å². The smallest absolute Gasteiger partial charge is 0.237 e. The van der Waals surface area contributed by atoms with Crippen LogP contribution in [-0.4, -0.2) is 40.1 Å². The van der Waals surface area contributed by atoms with E-state index in [9.17, 15) is 4.79 Å². The van der Waals surface area contributed by atoms with Crippen molar-refractivity contribution in [2.75, 3.05) is 13.1 Å². The largest absolute Gasteiger partial charge is 0.351 e. The summed E-state index contributed by atoms with van der Waals surface area (Å²) in [6.45, 7) is 8.19. The second-order valence-corrected chi connectivity index (χ2v) is 6.81. The van der Waals surface area contributed by atoms with Gasteiger partial charge in [-0.3, -0.25) is 9.69 Å². The number of piperidine rings is 1. The molecular weight excluding hydrogens is 316 g/mol. The highest BCUT2D eigenvalue weighted by atomic mass is 16.5. The number of aryl methyl sites for hydroxylation is 2. The summed E-state index contributed by atoms with van der Waals surface area (Å²) in [5, 5.41) is 6.93. The predicted octanol–water partition coefficient (Wildman–Crippen LogP) is 2.57. The van der Waals surface area contributed by atoms with Gasteiger partial charge in [0.2, 0.25) is 11.8 Å². The van der Waals surface area contributed by atoms with Crippen molar-refractivity contribution < 1.29 is 9.32 Å². The fourth-order valence-corrected chi connectivity index (χ4v) is 3.32. The molecule has 0 bridgehead atoms. The van der Waals surface area contributed by atoms with E-state index in [0.717, 1.165) is 37.4 Å². The third kappa shape index (κ3) is 4.25. The third-order valence-electron chi connectivity index (χ3n) is 5.06. The van der Waals surface area contributed by atoms with Gasteiger partial charge in [-0.15, -0.1) is 0 Å². The van der Waals surface area contributed by atoms with Crippen LogP contribution in [0.3, 0.4) is 0 Å². The van der Waals surface area contributed by atoms with E-state index in [2.05, 4.69) is 39.4 Å². The lowest BCUT2D eigenvalue weighted by atomic mass is 9.95. The summed E-state index contributed by atoms with van der Waals surface area (Å²) < 4.78 is 5.29. The number of hydrogen-bond acceptors (Lipinski definition) is 5. The molecule has 25 heavy (non-hydrogen) atoms.